The highest BCUT2D eigenvalue weighted by atomic mass is 79.9. The summed E-state index contributed by atoms with van der Waals surface area (Å²) in [5, 5.41) is 14.6. The number of amides is 2. The number of aromatic nitrogens is 1. The van der Waals surface area contributed by atoms with Crippen molar-refractivity contribution >= 4 is 45.2 Å². The van der Waals surface area contributed by atoms with E-state index in [1.54, 1.807) is 6.07 Å². The Morgan fingerprint density at radius 2 is 2.26 bits per heavy atom. The molecule has 0 aliphatic heterocycles. The van der Waals surface area contributed by atoms with Crippen molar-refractivity contribution in [3.63, 3.8) is 0 Å². The second kappa shape index (κ2) is 8.27. The molecule has 8 heteroatoms. The van der Waals surface area contributed by atoms with Gasteiger partial charge in [0.2, 0.25) is 11.8 Å². The third-order valence-corrected chi connectivity index (χ3v) is 4.90. The predicted molar refractivity (Wildman–Crippen MR) is 89.7 cm³/mol. The zero-order valence-corrected chi connectivity index (χ0v) is 14.7. The first-order valence-corrected chi connectivity index (χ1v) is 8.45. The molecular weight excluding hydrogens is 384 g/mol. The van der Waals surface area contributed by atoms with E-state index in [4.69, 9.17) is 16.9 Å². The average Bonchev–Trinajstić information content (AvgIpc) is 2.51. The Hall–Kier alpha value is -1.65. The van der Waals surface area contributed by atoms with Crippen molar-refractivity contribution in [1.82, 2.24) is 10.3 Å². The first kappa shape index (κ1) is 17.7. The van der Waals surface area contributed by atoms with Crippen LogP contribution in [0, 0.1) is 17.2 Å². The van der Waals surface area contributed by atoms with E-state index in [1.807, 2.05) is 6.07 Å². The molecule has 2 rings (SSSR count). The van der Waals surface area contributed by atoms with E-state index in [0.29, 0.717) is 21.7 Å². The van der Waals surface area contributed by atoms with Gasteiger partial charge in [-0.2, -0.15) is 5.26 Å². The van der Waals surface area contributed by atoms with E-state index in [9.17, 15) is 9.59 Å². The number of carbonyl (C=O) groups is 2. The number of nitrogens with one attached hydrogen (secondary N) is 2. The van der Waals surface area contributed by atoms with Crippen LogP contribution in [0.3, 0.4) is 0 Å². The molecule has 2 N–H and O–H groups in total. The molecule has 23 heavy (non-hydrogen) atoms. The number of anilines is 1. The van der Waals surface area contributed by atoms with Crippen LogP contribution in [-0.2, 0) is 9.59 Å². The van der Waals surface area contributed by atoms with E-state index in [0.717, 1.165) is 19.3 Å². The highest BCUT2D eigenvalue weighted by molar-refractivity contribution is 9.10. The van der Waals surface area contributed by atoms with Crippen LogP contribution >= 0.6 is 27.5 Å². The molecular formula is C15H16BrClN4O2. The number of hydrogen-bond donors (Lipinski definition) is 2. The normalized spacial score (nSPS) is 20.4. The van der Waals surface area contributed by atoms with Crippen LogP contribution in [0.25, 0.3) is 0 Å². The molecule has 0 saturated heterocycles. The molecule has 1 aromatic rings. The van der Waals surface area contributed by atoms with Crippen LogP contribution in [0.1, 0.15) is 32.1 Å². The molecule has 1 aliphatic carbocycles. The minimum absolute atomic E-state index is 0.0646. The third kappa shape index (κ3) is 5.19. The summed E-state index contributed by atoms with van der Waals surface area (Å²) in [5.74, 6) is -0.165. The van der Waals surface area contributed by atoms with Gasteiger partial charge in [-0.1, -0.05) is 18.0 Å². The van der Waals surface area contributed by atoms with Crippen LogP contribution in [0.4, 0.5) is 5.82 Å². The number of hydrogen-bond acceptors (Lipinski definition) is 4. The highest BCUT2D eigenvalue weighted by Gasteiger charge is 2.28. The Kier molecular flexibility index (Phi) is 6.37. The van der Waals surface area contributed by atoms with Crippen molar-refractivity contribution in [2.75, 3.05) is 5.32 Å². The molecule has 0 radical (unpaired) electrons. The van der Waals surface area contributed by atoms with Gasteiger partial charge < -0.3 is 10.6 Å². The maximum atomic E-state index is 12.4. The summed E-state index contributed by atoms with van der Waals surface area (Å²) < 4.78 is 0.662. The Morgan fingerprint density at radius 3 is 2.96 bits per heavy atom. The first-order chi connectivity index (χ1) is 11.0. The smallest absolute Gasteiger partial charge is 0.234 e. The summed E-state index contributed by atoms with van der Waals surface area (Å²) in [6.07, 6.45) is 4.32. The number of nitriles is 1. The fourth-order valence-corrected chi connectivity index (χ4v) is 3.04. The average molecular weight is 400 g/mol. The van der Waals surface area contributed by atoms with Crippen molar-refractivity contribution in [2.45, 2.75) is 38.1 Å². The lowest BCUT2D eigenvalue weighted by Gasteiger charge is -2.28. The number of halogens is 2. The Bertz CT molecular complexity index is 647. The van der Waals surface area contributed by atoms with E-state index < -0.39 is 0 Å². The van der Waals surface area contributed by atoms with Gasteiger partial charge >= 0.3 is 0 Å². The van der Waals surface area contributed by atoms with Crippen molar-refractivity contribution in [3.8, 4) is 6.07 Å². The fraction of sp³-hybridized carbons (Fsp3) is 0.467. The van der Waals surface area contributed by atoms with Crippen LogP contribution < -0.4 is 10.6 Å². The minimum atomic E-state index is -0.290. The molecule has 1 heterocycles. The Morgan fingerprint density at radius 1 is 1.48 bits per heavy atom. The lowest BCUT2D eigenvalue weighted by atomic mass is 9.85. The van der Waals surface area contributed by atoms with Gasteiger partial charge in [-0.05, 0) is 41.3 Å². The number of nitrogens with zero attached hydrogens (tertiary/aromatic N) is 2. The molecule has 6 nitrogen and oxygen atoms in total. The maximum Gasteiger partial charge on any atom is 0.234 e. The Balaban J connectivity index is 1.92. The molecule has 0 bridgehead atoms. The third-order valence-electron chi connectivity index (χ3n) is 3.71. The molecule has 1 aromatic heterocycles. The van der Waals surface area contributed by atoms with Crippen molar-refractivity contribution in [1.29, 1.82) is 5.26 Å². The van der Waals surface area contributed by atoms with E-state index in [1.165, 1.54) is 6.20 Å². The van der Waals surface area contributed by atoms with Gasteiger partial charge in [0.25, 0.3) is 0 Å². The van der Waals surface area contributed by atoms with Gasteiger partial charge in [0.15, 0.2) is 0 Å². The monoisotopic (exact) mass is 398 g/mol. The molecule has 122 valence electrons. The van der Waals surface area contributed by atoms with E-state index >= 15 is 0 Å². The molecule has 2 atom stereocenters. The lowest BCUT2D eigenvalue weighted by Crippen LogP contribution is -2.40. The van der Waals surface area contributed by atoms with Crippen LogP contribution in [0.15, 0.2) is 16.7 Å². The van der Waals surface area contributed by atoms with Crippen LogP contribution in [-0.4, -0.2) is 22.8 Å². The topological polar surface area (TPSA) is 94.9 Å². The summed E-state index contributed by atoms with van der Waals surface area (Å²) in [6.45, 7) is 0. The van der Waals surface area contributed by atoms with Crippen molar-refractivity contribution in [2.24, 2.45) is 5.92 Å². The second-order valence-electron chi connectivity index (χ2n) is 5.44. The summed E-state index contributed by atoms with van der Waals surface area (Å²) in [6, 6.07) is 3.40. The lowest BCUT2D eigenvalue weighted by molar-refractivity contribution is -0.124. The summed E-state index contributed by atoms with van der Waals surface area (Å²) in [5.41, 5.74) is 0. The van der Waals surface area contributed by atoms with Gasteiger partial charge in [0.05, 0.1) is 11.1 Å². The van der Waals surface area contributed by atoms with Crippen LogP contribution in [0.5, 0.6) is 0 Å². The minimum Gasteiger partial charge on any atom is -0.352 e. The van der Waals surface area contributed by atoms with Gasteiger partial charge in [-0.15, -0.1) is 0 Å². The quantitative estimate of drug-likeness (QED) is 0.813. The molecule has 1 saturated carbocycles. The molecule has 1 fully saturated rings. The van der Waals surface area contributed by atoms with Gasteiger partial charge in [0, 0.05) is 22.6 Å². The van der Waals surface area contributed by atoms with E-state index in [2.05, 4.69) is 31.5 Å². The SMILES string of the molecule is N#CCC(=O)NC1CCCC(C(=O)Nc2cc(Br)c(Cl)cn2)C1. The standard InChI is InChI=1S/C15H16BrClN4O2/c16-11-7-13(19-8-12(11)17)21-15(23)9-2-1-3-10(6-9)20-14(22)4-5-18/h7-10H,1-4,6H2,(H,20,22)(H,19,21,23). The molecule has 2 unspecified atom stereocenters. The van der Waals surface area contributed by atoms with Gasteiger partial charge in [-0.3, -0.25) is 9.59 Å². The van der Waals surface area contributed by atoms with Crippen molar-refractivity contribution < 1.29 is 9.59 Å². The van der Waals surface area contributed by atoms with Crippen LogP contribution in [0.2, 0.25) is 5.02 Å². The predicted octanol–water partition coefficient (Wildman–Crippen LogP) is 3.02. The summed E-state index contributed by atoms with van der Waals surface area (Å²) in [7, 11) is 0. The zero-order valence-electron chi connectivity index (χ0n) is 12.3. The number of pyridine rings is 1. The maximum absolute atomic E-state index is 12.4. The first-order valence-electron chi connectivity index (χ1n) is 7.28. The second-order valence-corrected chi connectivity index (χ2v) is 6.70. The molecule has 0 aromatic carbocycles. The highest BCUT2D eigenvalue weighted by Crippen LogP contribution is 2.27. The molecule has 0 spiro atoms. The summed E-state index contributed by atoms with van der Waals surface area (Å²) >= 11 is 9.16. The van der Waals surface area contributed by atoms with E-state index in [-0.39, 0.29) is 30.2 Å². The largest absolute Gasteiger partial charge is 0.352 e. The molecule has 1 aliphatic rings. The zero-order chi connectivity index (χ0) is 16.8. The number of rotatable bonds is 4. The number of carbonyl (C=O) groups excluding carboxylic acids is 2. The van der Waals surface area contributed by atoms with Gasteiger partial charge in [0.1, 0.15) is 12.2 Å². The van der Waals surface area contributed by atoms with Crippen molar-refractivity contribution in [3.05, 3.63) is 21.8 Å². The summed E-state index contributed by atoms with van der Waals surface area (Å²) in [4.78, 5) is 27.9. The Labute approximate surface area is 147 Å². The molecule has 2 amide bonds. The fourth-order valence-electron chi connectivity index (χ4n) is 2.62. The van der Waals surface area contributed by atoms with Gasteiger partial charge in [-0.25, -0.2) is 4.98 Å².